The molecule has 0 fully saturated rings. The van der Waals surface area contributed by atoms with Crippen molar-refractivity contribution in [2.24, 2.45) is 34.5 Å². The molecule has 0 saturated heterocycles. The van der Waals surface area contributed by atoms with Gasteiger partial charge in [0.15, 0.2) is 0 Å². The van der Waals surface area contributed by atoms with Crippen molar-refractivity contribution >= 4 is 0 Å². The van der Waals surface area contributed by atoms with Crippen molar-refractivity contribution in [3.8, 4) is 0 Å². The molecule has 0 heteroatoms. The Labute approximate surface area is 142 Å². The summed E-state index contributed by atoms with van der Waals surface area (Å²) in [6, 6.07) is 0. The van der Waals surface area contributed by atoms with Crippen LogP contribution < -0.4 is 0 Å². The summed E-state index contributed by atoms with van der Waals surface area (Å²) in [6.45, 7) is 26.6. The fourth-order valence-corrected chi connectivity index (χ4v) is 4.44. The predicted octanol–water partition coefficient (Wildman–Crippen LogP) is 7.74. The van der Waals surface area contributed by atoms with Gasteiger partial charge in [-0.2, -0.15) is 0 Å². The maximum atomic E-state index is 2.53. The third-order valence-electron chi connectivity index (χ3n) is 6.68. The normalized spacial score (nSPS) is 19.4. The number of hydrogen-bond acceptors (Lipinski definition) is 0. The Morgan fingerprint density at radius 3 is 1.73 bits per heavy atom. The SMILES string of the molecule is CCC=C(C(C)CC(C)C)C(C)(C)C(C)C(C)(CC)C(C)C. The van der Waals surface area contributed by atoms with Crippen LogP contribution in [-0.2, 0) is 0 Å². The van der Waals surface area contributed by atoms with Crippen LogP contribution >= 0.6 is 0 Å². The molecule has 0 aliphatic heterocycles. The van der Waals surface area contributed by atoms with E-state index in [1.165, 1.54) is 12.8 Å². The molecule has 0 bridgehead atoms. The number of rotatable bonds is 9. The van der Waals surface area contributed by atoms with Gasteiger partial charge in [-0.25, -0.2) is 0 Å². The maximum absolute atomic E-state index is 2.53. The second-order valence-electron chi connectivity index (χ2n) is 9.06. The van der Waals surface area contributed by atoms with Crippen LogP contribution in [0.5, 0.6) is 0 Å². The van der Waals surface area contributed by atoms with Crippen molar-refractivity contribution in [3.63, 3.8) is 0 Å². The molecule has 0 aromatic rings. The minimum atomic E-state index is 0.263. The Morgan fingerprint density at radius 2 is 1.41 bits per heavy atom. The summed E-state index contributed by atoms with van der Waals surface area (Å²) in [4.78, 5) is 0. The first-order valence-corrected chi connectivity index (χ1v) is 9.65. The highest BCUT2D eigenvalue weighted by molar-refractivity contribution is 5.18. The molecule has 0 nitrogen and oxygen atoms in total. The molecule has 3 unspecified atom stereocenters. The van der Waals surface area contributed by atoms with E-state index in [9.17, 15) is 0 Å². The van der Waals surface area contributed by atoms with E-state index in [4.69, 9.17) is 0 Å². The molecule has 0 radical (unpaired) electrons. The van der Waals surface area contributed by atoms with E-state index in [2.05, 4.69) is 82.2 Å². The summed E-state index contributed by atoms with van der Waals surface area (Å²) in [7, 11) is 0. The first-order chi connectivity index (χ1) is 9.94. The van der Waals surface area contributed by atoms with Crippen LogP contribution in [-0.4, -0.2) is 0 Å². The summed E-state index contributed by atoms with van der Waals surface area (Å²) >= 11 is 0. The van der Waals surface area contributed by atoms with Gasteiger partial charge in [-0.3, -0.25) is 0 Å². The van der Waals surface area contributed by atoms with Crippen LogP contribution in [0.25, 0.3) is 0 Å². The van der Waals surface area contributed by atoms with Gasteiger partial charge in [0.2, 0.25) is 0 Å². The average Bonchev–Trinajstić information content (AvgIpc) is 2.41. The van der Waals surface area contributed by atoms with Gasteiger partial charge in [0.05, 0.1) is 0 Å². The first-order valence-electron chi connectivity index (χ1n) is 9.65. The van der Waals surface area contributed by atoms with Gasteiger partial charge in [-0.15, -0.1) is 0 Å². The zero-order valence-corrected chi connectivity index (χ0v) is 17.5. The minimum Gasteiger partial charge on any atom is -0.0848 e. The quantitative estimate of drug-likeness (QED) is 0.382. The molecule has 0 aliphatic rings. The lowest BCUT2D eigenvalue weighted by molar-refractivity contribution is 0.0416. The van der Waals surface area contributed by atoms with Crippen LogP contribution in [0.3, 0.4) is 0 Å². The van der Waals surface area contributed by atoms with Crippen molar-refractivity contribution < 1.29 is 0 Å². The zero-order chi connectivity index (χ0) is 17.7. The molecule has 132 valence electrons. The largest absolute Gasteiger partial charge is 0.0848 e. The third kappa shape index (κ3) is 4.87. The molecule has 0 aliphatic carbocycles. The van der Waals surface area contributed by atoms with E-state index in [1.54, 1.807) is 5.57 Å². The van der Waals surface area contributed by atoms with E-state index in [1.807, 2.05) is 0 Å². The Morgan fingerprint density at radius 1 is 0.909 bits per heavy atom. The standard InChI is InChI=1S/C22H44/c1-12-14-20(18(7)15-16(3)4)21(9,10)19(8)22(11,13-2)17(5)6/h14,16-19H,12-13,15H2,1-11H3. The monoisotopic (exact) mass is 308 g/mol. The lowest BCUT2D eigenvalue weighted by atomic mass is 9.55. The van der Waals surface area contributed by atoms with Crippen LogP contribution in [0.15, 0.2) is 11.6 Å². The van der Waals surface area contributed by atoms with Crippen molar-refractivity contribution in [1.82, 2.24) is 0 Å². The van der Waals surface area contributed by atoms with E-state index in [0.29, 0.717) is 17.3 Å². The smallest absolute Gasteiger partial charge is 0.0111 e. The van der Waals surface area contributed by atoms with Gasteiger partial charge in [0.25, 0.3) is 0 Å². The summed E-state index contributed by atoms with van der Waals surface area (Å²) < 4.78 is 0. The Hall–Kier alpha value is -0.260. The molecular weight excluding hydrogens is 264 g/mol. The van der Waals surface area contributed by atoms with Gasteiger partial charge in [-0.05, 0) is 47.3 Å². The average molecular weight is 309 g/mol. The van der Waals surface area contributed by atoms with Crippen LogP contribution in [0.1, 0.15) is 95.4 Å². The van der Waals surface area contributed by atoms with E-state index in [0.717, 1.165) is 18.3 Å². The van der Waals surface area contributed by atoms with Gasteiger partial charge >= 0.3 is 0 Å². The fraction of sp³-hybridized carbons (Fsp3) is 0.909. The van der Waals surface area contributed by atoms with E-state index >= 15 is 0 Å². The van der Waals surface area contributed by atoms with Gasteiger partial charge in [0.1, 0.15) is 0 Å². The van der Waals surface area contributed by atoms with Crippen molar-refractivity contribution in [1.29, 1.82) is 0 Å². The van der Waals surface area contributed by atoms with E-state index in [-0.39, 0.29) is 5.41 Å². The van der Waals surface area contributed by atoms with Crippen molar-refractivity contribution in [2.45, 2.75) is 95.4 Å². The second kappa shape index (κ2) is 8.55. The third-order valence-corrected chi connectivity index (χ3v) is 6.68. The summed E-state index contributed by atoms with van der Waals surface area (Å²) in [5.41, 5.74) is 2.35. The predicted molar refractivity (Wildman–Crippen MR) is 103 cm³/mol. The Balaban J connectivity index is 5.66. The lowest BCUT2D eigenvalue weighted by Gasteiger charge is -2.49. The molecule has 0 N–H and O–H groups in total. The summed E-state index contributed by atoms with van der Waals surface area (Å²) in [5, 5.41) is 0. The topological polar surface area (TPSA) is 0 Å². The zero-order valence-electron chi connectivity index (χ0n) is 17.5. The molecule has 0 aromatic carbocycles. The highest BCUT2D eigenvalue weighted by Crippen LogP contribution is 2.52. The molecule has 0 saturated carbocycles. The van der Waals surface area contributed by atoms with Crippen molar-refractivity contribution in [2.75, 3.05) is 0 Å². The van der Waals surface area contributed by atoms with Gasteiger partial charge in [-0.1, -0.05) is 94.2 Å². The highest BCUT2D eigenvalue weighted by atomic mass is 14.5. The molecule has 22 heavy (non-hydrogen) atoms. The minimum absolute atomic E-state index is 0.263. The van der Waals surface area contributed by atoms with Crippen LogP contribution in [0.2, 0.25) is 0 Å². The molecular formula is C22H44. The van der Waals surface area contributed by atoms with Crippen LogP contribution in [0, 0.1) is 34.5 Å². The number of allylic oxidation sites excluding steroid dienone is 2. The lowest BCUT2D eigenvalue weighted by Crippen LogP contribution is -2.41. The summed E-state index contributed by atoms with van der Waals surface area (Å²) in [6.07, 6.45) is 6.23. The molecule has 0 aromatic heterocycles. The first kappa shape index (κ1) is 21.7. The van der Waals surface area contributed by atoms with E-state index < -0.39 is 0 Å². The number of hydrogen-bond donors (Lipinski definition) is 0. The second-order valence-corrected chi connectivity index (χ2v) is 9.06. The molecule has 0 heterocycles. The van der Waals surface area contributed by atoms with Gasteiger partial charge in [0, 0.05) is 0 Å². The molecule has 0 rings (SSSR count). The fourth-order valence-electron chi connectivity index (χ4n) is 4.44. The Bertz CT molecular complexity index is 345. The maximum Gasteiger partial charge on any atom is -0.0111 e. The highest BCUT2D eigenvalue weighted by Gasteiger charge is 2.43. The molecule has 3 atom stereocenters. The van der Waals surface area contributed by atoms with Crippen LogP contribution in [0.4, 0.5) is 0 Å². The van der Waals surface area contributed by atoms with Crippen molar-refractivity contribution in [3.05, 3.63) is 11.6 Å². The molecule has 0 amide bonds. The van der Waals surface area contributed by atoms with Gasteiger partial charge < -0.3 is 0 Å². The summed E-state index contributed by atoms with van der Waals surface area (Å²) in [5.74, 6) is 2.85. The molecule has 0 spiro atoms. The Kier molecular flexibility index (Phi) is 8.45.